The van der Waals surface area contributed by atoms with Gasteiger partial charge in [-0.25, -0.2) is 43.1 Å². The molecule has 9 atom stereocenters. The average molecular weight is 1560 g/mol. The third-order valence-corrected chi connectivity index (χ3v) is 26.2. The van der Waals surface area contributed by atoms with E-state index in [0.717, 1.165) is 106 Å². The predicted octanol–water partition coefficient (Wildman–Crippen LogP) is 12.3. The van der Waals surface area contributed by atoms with Gasteiger partial charge in [0.05, 0.1) is 56.6 Å². The monoisotopic (exact) mass is 1560 g/mol. The fourth-order valence-electron chi connectivity index (χ4n) is 19.4. The minimum absolute atomic E-state index is 0.0550. The standard InChI is InChI=1S/C27H23ClF3N7O.2C26H24ClFN8/c1-37-18-7-6-13(21(28)20(18)27(30,31)25(37)39)22-23-24(36-35-22)34-19(10-33-23)38-9-8-14-16(11-38)26(14,12-32)15-4-2-3-5-17(15)29;1-35-11-14-6-7-15(21(27)22(14)34-35)23-24-25(33-32-23)31-20(10-30-24)36-9-8-16-18(12-36)26(16,13-29)17-4-2-3-5-19(17)28;1-35-24-14(10-31-35)6-7-15(21(24)27)22-23-25(34-33-22)32-20(11-30-23)36-9-8-16-18(12-36)26(16,13-29)17-4-2-3-5-19(17)28/h2-7,10,14,16H,8-9,11-12,32H2,1H3,(H,34,35,36);2-7,10-11,16,18H,8-9,12-13,29H2,1H3,(H,31,32,33);2-7,10-11,16,18H,8-9,12-13,29H2,1H3,(H,32,33,34)/t14-,16+,26-;2*16-,18+,26-/m111/s1. The maximum absolute atomic E-state index is 14.7. The number of nitrogens with one attached hydrogen (secondary N) is 3. The summed E-state index contributed by atoms with van der Waals surface area (Å²) >= 11 is 19.9. The van der Waals surface area contributed by atoms with E-state index < -0.39 is 17.4 Å². The first-order valence-electron chi connectivity index (χ1n) is 36.7. The highest BCUT2D eigenvalue weighted by atomic mass is 35.5. The molecule has 6 aromatic carbocycles. The summed E-state index contributed by atoms with van der Waals surface area (Å²) in [4.78, 5) is 47.9. The Kier molecular flexibility index (Phi) is 16.6. The number of aromatic amines is 3. The fraction of sp³-hybridized carbons (Fsp3) is 0.316. The molecular formula is C79H71Cl3F5N23O. The molecule has 564 valence electrons. The highest BCUT2D eigenvalue weighted by Crippen LogP contribution is 2.66. The van der Waals surface area contributed by atoms with Crippen LogP contribution in [0.1, 0.15) is 41.5 Å². The Bertz CT molecular complexity index is 6120. The summed E-state index contributed by atoms with van der Waals surface area (Å²) in [5.41, 5.74) is 27.5. The smallest absolute Gasteiger partial charge is 0.353 e. The van der Waals surface area contributed by atoms with Crippen LogP contribution in [0.25, 0.3) is 89.1 Å². The Balaban J connectivity index is 0.000000113. The molecule has 14 aromatic rings. The van der Waals surface area contributed by atoms with Crippen molar-refractivity contribution in [1.29, 1.82) is 0 Å². The van der Waals surface area contributed by atoms with Gasteiger partial charge in [0.1, 0.15) is 74.1 Å². The predicted molar refractivity (Wildman–Crippen MR) is 415 cm³/mol. The van der Waals surface area contributed by atoms with E-state index in [4.69, 9.17) is 76.9 Å². The zero-order valence-electron chi connectivity index (χ0n) is 60.0. The number of nitrogens with zero attached hydrogens (tertiary/aromatic N) is 17. The molecule has 24 nitrogen and oxygen atoms in total. The number of carbonyl (C=O) groups excluding carboxylic acids is 1. The number of H-pyrrole nitrogens is 3. The van der Waals surface area contributed by atoms with Gasteiger partial charge in [-0.2, -0.15) is 34.3 Å². The van der Waals surface area contributed by atoms with E-state index in [9.17, 15) is 26.7 Å². The maximum Gasteiger partial charge on any atom is 0.353 e. The van der Waals surface area contributed by atoms with Crippen LogP contribution in [0.3, 0.4) is 0 Å². The molecule has 3 saturated heterocycles. The highest BCUT2D eigenvalue weighted by molar-refractivity contribution is 6.39. The van der Waals surface area contributed by atoms with Gasteiger partial charge in [-0.3, -0.25) is 29.5 Å². The van der Waals surface area contributed by atoms with E-state index in [-0.39, 0.29) is 73.4 Å². The van der Waals surface area contributed by atoms with Crippen LogP contribution in [0.15, 0.2) is 140 Å². The summed E-state index contributed by atoms with van der Waals surface area (Å²) < 4.78 is 77.0. The van der Waals surface area contributed by atoms with Crippen molar-refractivity contribution in [2.45, 2.75) is 41.4 Å². The minimum atomic E-state index is -3.74. The SMILES string of the molecule is CN1C(=O)C(F)(F)c2c1ccc(-c1n[nH]c3nc(N4CC[C@@H]5[C@H](C4)[C@@]5(CN)c4ccccc4F)cnc13)c2Cl.Cn1cc2ccc(-c3n[nH]c4nc(N5CC[C@@H]6[C@H](C5)[C@@]6(CN)c5ccccc5F)cnc34)c(Cl)c2n1.Cn1ncc2ccc(-c3n[nH]c4nc(N5CC[C@@H]6[C@H](C5)[C@@]6(CN)c5ccccc5F)cnc34)c(Cl)c21. The second-order valence-corrected chi connectivity index (χ2v) is 31.2. The average Bonchev–Trinajstić information content (AvgIpc) is 1.53. The van der Waals surface area contributed by atoms with Gasteiger partial charge in [0.15, 0.2) is 16.9 Å². The summed E-state index contributed by atoms with van der Waals surface area (Å²) in [6, 6.07) is 31.7. The molecule has 12 heterocycles. The van der Waals surface area contributed by atoms with Crippen LogP contribution in [0.4, 0.5) is 45.1 Å². The molecule has 3 saturated carbocycles. The summed E-state index contributed by atoms with van der Waals surface area (Å²) in [5, 5.41) is 33.7. The Morgan fingerprint density at radius 3 is 1.31 bits per heavy atom. The van der Waals surface area contributed by atoms with E-state index in [1.54, 1.807) is 58.4 Å². The molecule has 32 heteroatoms. The Morgan fingerprint density at radius 1 is 0.486 bits per heavy atom. The van der Waals surface area contributed by atoms with Crippen molar-refractivity contribution < 1.29 is 26.7 Å². The largest absolute Gasteiger partial charge is 0.355 e. The number of rotatable bonds is 12. The van der Waals surface area contributed by atoms with E-state index in [0.29, 0.717) is 117 Å². The maximum atomic E-state index is 14.7. The number of benzene rings is 6. The van der Waals surface area contributed by atoms with Gasteiger partial charge in [-0.1, -0.05) is 114 Å². The van der Waals surface area contributed by atoms with Crippen molar-refractivity contribution in [1.82, 2.24) is 80.1 Å². The molecule has 9 N–H and O–H groups in total. The Labute approximate surface area is 644 Å². The lowest BCUT2D eigenvalue weighted by Crippen LogP contribution is -2.32. The normalized spacial score (nSPS) is 24.0. The van der Waals surface area contributed by atoms with E-state index in [1.807, 2.05) is 81.0 Å². The Hall–Kier alpha value is -10.8. The molecule has 111 heavy (non-hydrogen) atoms. The van der Waals surface area contributed by atoms with Gasteiger partial charge in [0, 0.05) is 130 Å². The van der Waals surface area contributed by atoms with Crippen LogP contribution < -0.4 is 36.8 Å². The number of amides is 1. The van der Waals surface area contributed by atoms with Crippen molar-refractivity contribution in [3.05, 3.63) is 195 Å². The number of halogens is 8. The lowest BCUT2D eigenvalue weighted by molar-refractivity contribution is -0.141. The topological polar surface area (TPSA) is 307 Å². The second-order valence-electron chi connectivity index (χ2n) is 30.1. The number of aryl methyl sites for hydroxylation is 2. The molecule has 3 aliphatic carbocycles. The van der Waals surface area contributed by atoms with Crippen LogP contribution >= 0.6 is 34.8 Å². The minimum Gasteiger partial charge on any atom is -0.355 e. The fourth-order valence-corrected chi connectivity index (χ4v) is 20.5. The number of fused-ring (bicyclic) bond motifs is 9. The first-order chi connectivity index (χ1) is 53.7. The quantitative estimate of drug-likeness (QED) is 0.0619. The van der Waals surface area contributed by atoms with Gasteiger partial charge in [-0.15, -0.1) is 0 Å². The van der Waals surface area contributed by atoms with Gasteiger partial charge in [-0.05, 0) is 102 Å². The van der Waals surface area contributed by atoms with E-state index >= 15 is 0 Å². The van der Waals surface area contributed by atoms with Gasteiger partial charge < -0.3 is 36.8 Å². The molecule has 0 unspecified atom stereocenters. The summed E-state index contributed by atoms with van der Waals surface area (Å²) in [7, 11) is 5.01. The number of alkyl halides is 2. The zero-order valence-corrected chi connectivity index (χ0v) is 62.3. The van der Waals surface area contributed by atoms with Gasteiger partial charge in [0.2, 0.25) is 0 Å². The number of carbonyl (C=O) groups is 1. The second kappa shape index (κ2) is 26.2. The van der Waals surface area contributed by atoms with Crippen LogP contribution in [-0.4, -0.2) is 152 Å². The number of nitrogens with two attached hydrogens (primary N) is 3. The number of hydrogen-bond acceptors (Lipinski definition) is 18. The van der Waals surface area contributed by atoms with Gasteiger partial charge >= 0.3 is 11.8 Å². The third-order valence-electron chi connectivity index (χ3n) is 25.1. The Morgan fingerprint density at radius 2 is 0.883 bits per heavy atom. The van der Waals surface area contributed by atoms with Crippen molar-refractivity contribution in [3.8, 4) is 33.8 Å². The summed E-state index contributed by atoms with van der Waals surface area (Å²) in [6.45, 7) is 5.78. The van der Waals surface area contributed by atoms with Crippen LogP contribution in [0.2, 0.25) is 15.1 Å². The number of piperidine rings is 3. The van der Waals surface area contributed by atoms with Crippen molar-refractivity contribution >= 4 is 119 Å². The summed E-state index contributed by atoms with van der Waals surface area (Å²) in [6.07, 6.45) is 11.6. The molecule has 8 aromatic heterocycles. The first kappa shape index (κ1) is 70.6. The van der Waals surface area contributed by atoms with Crippen molar-refractivity contribution in [3.63, 3.8) is 0 Å². The van der Waals surface area contributed by atoms with Crippen LogP contribution in [0, 0.1) is 53.0 Å². The van der Waals surface area contributed by atoms with Gasteiger partial charge in [0.25, 0.3) is 0 Å². The molecule has 1 amide bonds. The molecule has 0 bridgehead atoms. The molecular weight excluding hydrogens is 1490 g/mol. The van der Waals surface area contributed by atoms with Crippen molar-refractivity contribution in [2.75, 3.05) is 85.6 Å². The molecule has 7 aliphatic rings. The molecule has 4 aliphatic heterocycles. The van der Waals surface area contributed by atoms with Crippen molar-refractivity contribution in [2.24, 2.45) is 66.8 Å². The van der Waals surface area contributed by atoms with E-state index in [1.165, 1.54) is 31.3 Å². The summed E-state index contributed by atoms with van der Waals surface area (Å²) in [5.74, 6) is -1.63. The first-order valence-corrected chi connectivity index (χ1v) is 37.8. The number of anilines is 4. The van der Waals surface area contributed by atoms with E-state index in [2.05, 4.69) is 60.5 Å². The molecule has 6 fully saturated rings. The number of hydrogen-bond donors (Lipinski definition) is 6. The molecule has 21 rings (SSSR count). The highest BCUT2D eigenvalue weighted by Gasteiger charge is 2.69. The lowest BCUT2D eigenvalue weighted by atomic mass is 9.91. The third kappa shape index (κ3) is 10.7. The molecule has 0 radical (unpaired) electrons. The molecule has 0 spiro atoms. The van der Waals surface area contributed by atoms with Crippen LogP contribution in [0.5, 0.6) is 0 Å². The zero-order chi connectivity index (χ0) is 76.5. The van der Waals surface area contributed by atoms with Crippen LogP contribution in [-0.2, 0) is 41.1 Å². The number of aromatic nitrogens is 16. The lowest BCUT2D eigenvalue weighted by Gasteiger charge is -2.26. The number of likely N-dealkylation sites (N-methyl/N-ethyl adjacent to an activating group) is 1.